The number of hydrogen-bond acceptors (Lipinski definition) is 6. The number of aromatic nitrogens is 1. The standard InChI is InChI=1S/C15H21N3O.C12H22N4S.C2H4/c1-4-14(16-3)13-10-8-6-7-9-12(13)11-18-15(19)17-5-2;1-5-6-13-8-15-10(4)11-7-14-12(17-11)16-9(2)3;1-2/h4,6-8,10H,1,5,9,11H2,2-3H3,(H2,17,18,19);7-10H,5-6H2,1-4H3,(H,13,15)(H,14,16);1-2H2. The minimum absolute atomic E-state index is 0.153. The maximum Gasteiger partial charge on any atom is 0.315 e. The molecule has 0 fully saturated rings. The van der Waals surface area contributed by atoms with Gasteiger partial charge < -0.3 is 21.3 Å². The molecule has 38 heavy (non-hydrogen) atoms. The Hall–Kier alpha value is -3.46. The molecule has 0 saturated carbocycles. The fourth-order valence-electron chi connectivity index (χ4n) is 3.07. The number of allylic oxidation sites excluding steroid dienone is 6. The minimum Gasteiger partial charge on any atom is -0.369 e. The average Bonchev–Trinajstić information content (AvgIpc) is 3.25. The van der Waals surface area contributed by atoms with Crippen molar-refractivity contribution in [2.75, 3.05) is 32.0 Å². The molecule has 1 unspecified atom stereocenters. The topological polar surface area (TPSA) is 103 Å². The van der Waals surface area contributed by atoms with Gasteiger partial charge in [-0.15, -0.1) is 13.2 Å². The van der Waals surface area contributed by atoms with Crippen LogP contribution in [0.2, 0.25) is 0 Å². The summed E-state index contributed by atoms with van der Waals surface area (Å²) in [7, 11) is 1.74. The van der Waals surface area contributed by atoms with Crippen LogP contribution in [0.4, 0.5) is 9.93 Å². The van der Waals surface area contributed by atoms with Gasteiger partial charge in [0, 0.05) is 49.4 Å². The molecule has 0 bridgehead atoms. The van der Waals surface area contributed by atoms with Crippen molar-refractivity contribution in [3.63, 3.8) is 0 Å². The fraction of sp³-hybridized carbons (Fsp3) is 0.448. The van der Waals surface area contributed by atoms with Crippen LogP contribution in [0.15, 0.2) is 77.4 Å². The molecule has 2 rings (SSSR count). The highest BCUT2D eigenvalue weighted by Crippen LogP contribution is 2.24. The lowest BCUT2D eigenvalue weighted by Crippen LogP contribution is -2.36. The number of nitrogens with zero attached hydrogens (tertiary/aromatic N) is 3. The number of amides is 2. The van der Waals surface area contributed by atoms with Gasteiger partial charge in [-0.3, -0.25) is 9.98 Å². The number of urea groups is 1. The van der Waals surface area contributed by atoms with Crippen LogP contribution >= 0.6 is 11.3 Å². The first kappa shape index (κ1) is 34.5. The van der Waals surface area contributed by atoms with Crippen molar-refractivity contribution in [3.8, 4) is 0 Å². The molecule has 0 spiro atoms. The Morgan fingerprint density at radius 2 is 1.95 bits per heavy atom. The molecule has 9 heteroatoms. The van der Waals surface area contributed by atoms with Crippen LogP contribution in [-0.2, 0) is 0 Å². The lowest BCUT2D eigenvalue weighted by molar-refractivity contribution is 0.242. The summed E-state index contributed by atoms with van der Waals surface area (Å²) in [4.78, 5) is 25.5. The van der Waals surface area contributed by atoms with Gasteiger partial charge in [0.1, 0.15) is 0 Å². The van der Waals surface area contributed by atoms with Crippen molar-refractivity contribution in [3.05, 3.63) is 72.3 Å². The number of thiazole rings is 1. The number of nitrogens with one attached hydrogen (secondary N) is 4. The summed E-state index contributed by atoms with van der Waals surface area (Å²) in [5, 5.41) is 13.1. The molecule has 1 aliphatic carbocycles. The number of carbonyl (C=O) groups excluding carboxylic acids is 1. The molecule has 210 valence electrons. The molecule has 1 aromatic rings. The van der Waals surface area contributed by atoms with E-state index in [1.165, 1.54) is 4.88 Å². The Bertz CT molecular complexity index is 973. The minimum atomic E-state index is -0.153. The molecule has 4 N–H and O–H groups in total. The van der Waals surface area contributed by atoms with E-state index in [-0.39, 0.29) is 12.1 Å². The number of aliphatic imine (C=N–C) groups is 2. The van der Waals surface area contributed by atoms with Crippen molar-refractivity contribution in [2.24, 2.45) is 9.98 Å². The largest absolute Gasteiger partial charge is 0.369 e. The van der Waals surface area contributed by atoms with E-state index in [1.54, 1.807) is 30.8 Å². The third kappa shape index (κ3) is 14.3. The SMILES string of the molecule is C=C.C=CC(=NC)C1=C(CNC(=O)NCC)CC=CC=C1.CCCN=CNC(C)c1cnc(NC(C)C)s1. The predicted molar refractivity (Wildman–Crippen MR) is 168 cm³/mol. The molecule has 1 aliphatic rings. The zero-order valence-corrected chi connectivity index (χ0v) is 24.8. The monoisotopic (exact) mass is 541 g/mol. The summed E-state index contributed by atoms with van der Waals surface area (Å²) in [6.45, 7) is 22.1. The number of anilines is 1. The second-order valence-electron chi connectivity index (χ2n) is 8.33. The van der Waals surface area contributed by atoms with Crippen LogP contribution in [0.25, 0.3) is 0 Å². The second-order valence-corrected chi connectivity index (χ2v) is 9.39. The Morgan fingerprint density at radius 1 is 1.21 bits per heavy atom. The normalized spacial score (nSPS) is 13.6. The van der Waals surface area contributed by atoms with Gasteiger partial charge >= 0.3 is 6.03 Å². The highest BCUT2D eigenvalue weighted by atomic mass is 32.1. The van der Waals surface area contributed by atoms with Crippen LogP contribution in [0.3, 0.4) is 0 Å². The fourth-order valence-corrected chi connectivity index (χ4v) is 4.05. The van der Waals surface area contributed by atoms with Crippen molar-refractivity contribution in [1.82, 2.24) is 20.9 Å². The lowest BCUT2D eigenvalue weighted by atomic mass is 10.0. The van der Waals surface area contributed by atoms with Gasteiger partial charge in [0.2, 0.25) is 0 Å². The number of rotatable bonds is 12. The molecule has 8 nitrogen and oxygen atoms in total. The molecule has 2 amide bonds. The summed E-state index contributed by atoms with van der Waals surface area (Å²) in [5.41, 5.74) is 2.99. The average molecular weight is 542 g/mol. The Kier molecular flexibility index (Phi) is 19.6. The third-order valence-corrected chi connectivity index (χ3v) is 6.01. The third-order valence-electron chi connectivity index (χ3n) is 4.90. The maximum absolute atomic E-state index is 11.5. The predicted octanol–water partition coefficient (Wildman–Crippen LogP) is 6.23. The zero-order valence-electron chi connectivity index (χ0n) is 24.0. The van der Waals surface area contributed by atoms with Gasteiger partial charge in [0.25, 0.3) is 0 Å². The van der Waals surface area contributed by atoms with E-state index in [0.717, 1.165) is 41.4 Å². The molecular formula is C29H47N7OS. The van der Waals surface area contributed by atoms with E-state index in [9.17, 15) is 4.79 Å². The Balaban J connectivity index is 0.000000680. The van der Waals surface area contributed by atoms with Gasteiger partial charge in [0.15, 0.2) is 5.13 Å². The molecule has 1 aromatic heterocycles. The van der Waals surface area contributed by atoms with Crippen LogP contribution in [0.1, 0.15) is 58.4 Å². The van der Waals surface area contributed by atoms with Gasteiger partial charge in [-0.05, 0) is 52.2 Å². The van der Waals surface area contributed by atoms with Gasteiger partial charge in [-0.25, -0.2) is 9.78 Å². The number of hydrogen-bond donors (Lipinski definition) is 4. The van der Waals surface area contributed by atoms with Gasteiger partial charge in [0.05, 0.1) is 18.1 Å². The van der Waals surface area contributed by atoms with E-state index < -0.39 is 0 Å². The molecule has 0 aromatic carbocycles. The summed E-state index contributed by atoms with van der Waals surface area (Å²) in [5.74, 6) is 0. The molecule has 1 atom stereocenters. The Morgan fingerprint density at radius 3 is 2.55 bits per heavy atom. The van der Waals surface area contributed by atoms with Gasteiger partial charge in [-0.1, -0.05) is 49.1 Å². The van der Waals surface area contributed by atoms with Crippen molar-refractivity contribution < 1.29 is 4.79 Å². The lowest BCUT2D eigenvalue weighted by Gasteiger charge is -2.12. The van der Waals surface area contributed by atoms with Crippen LogP contribution in [-0.4, -0.2) is 55.8 Å². The first-order valence-electron chi connectivity index (χ1n) is 13.0. The van der Waals surface area contributed by atoms with Crippen LogP contribution in [0.5, 0.6) is 0 Å². The van der Waals surface area contributed by atoms with Gasteiger partial charge in [-0.2, -0.15) is 0 Å². The zero-order chi connectivity index (χ0) is 28.8. The number of carbonyl (C=O) groups is 1. The van der Waals surface area contributed by atoms with Crippen molar-refractivity contribution >= 4 is 34.5 Å². The second kappa shape index (κ2) is 21.6. The van der Waals surface area contributed by atoms with E-state index in [4.69, 9.17) is 0 Å². The summed E-state index contributed by atoms with van der Waals surface area (Å²) >= 11 is 1.69. The molecule has 0 radical (unpaired) electrons. The van der Waals surface area contributed by atoms with E-state index in [2.05, 4.69) is 89.7 Å². The summed E-state index contributed by atoms with van der Waals surface area (Å²) < 4.78 is 0. The highest BCUT2D eigenvalue weighted by Gasteiger charge is 2.10. The summed E-state index contributed by atoms with van der Waals surface area (Å²) in [6, 6.07) is 0.527. The van der Waals surface area contributed by atoms with E-state index in [1.807, 2.05) is 31.3 Å². The molecule has 0 saturated heterocycles. The maximum atomic E-state index is 11.5. The van der Waals surface area contributed by atoms with Crippen LogP contribution in [0, 0.1) is 0 Å². The smallest absolute Gasteiger partial charge is 0.315 e. The summed E-state index contributed by atoms with van der Waals surface area (Å²) in [6.07, 6.45) is 15.4. The van der Waals surface area contributed by atoms with E-state index >= 15 is 0 Å². The first-order chi connectivity index (χ1) is 18.4. The molecular weight excluding hydrogens is 494 g/mol. The van der Waals surface area contributed by atoms with Crippen LogP contribution < -0.4 is 21.3 Å². The highest BCUT2D eigenvalue weighted by molar-refractivity contribution is 7.15. The first-order valence-corrected chi connectivity index (χ1v) is 13.8. The quantitative estimate of drug-likeness (QED) is 0.143. The molecule has 1 heterocycles. The Labute approximate surface area is 233 Å². The van der Waals surface area contributed by atoms with Crippen molar-refractivity contribution in [1.29, 1.82) is 0 Å². The molecule has 0 aliphatic heterocycles. The van der Waals surface area contributed by atoms with Crippen molar-refractivity contribution in [2.45, 2.75) is 59.5 Å². The van der Waals surface area contributed by atoms with E-state index in [0.29, 0.717) is 19.1 Å².